The zero-order chi connectivity index (χ0) is 61.6. The van der Waals surface area contributed by atoms with E-state index in [0.717, 1.165) is 157 Å². The van der Waals surface area contributed by atoms with Crippen LogP contribution in [0.4, 0.5) is 0 Å². The number of hydrogen-bond donors (Lipinski definition) is 0. The fourth-order valence-corrected chi connectivity index (χ4v) is 13.7. The Morgan fingerprint density at radius 2 is 0.780 bits per heavy atom. The molecule has 424 valence electrons. The van der Waals surface area contributed by atoms with Gasteiger partial charge >= 0.3 is 0 Å². The lowest BCUT2D eigenvalue weighted by atomic mass is 9.98. The fourth-order valence-electron chi connectivity index (χ4n) is 13.7. The summed E-state index contributed by atoms with van der Waals surface area (Å²) in [5, 5.41) is 58.8. The van der Waals surface area contributed by atoms with Crippen molar-refractivity contribution in [2.75, 3.05) is 0 Å². The molecule has 5 heterocycles. The summed E-state index contributed by atoms with van der Waals surface area (Å²) >= 11 is 0. The molecule has 0 fully saturated rings. The van der Waals surface area contributed by atoms with Gasteiger partial charge in [0, 0.05) is 70.8 Å². The topological polar surface area (TPSA) is 152 Å². The standard InChI is InChI=1S/C76H42N8O.C5H7N/c77-41-45-19-25-67-57(31-45)55-15-7-9-17-65(55)81(67)53-37-63-64-38-54(82-68-26-20-47(43-79)33-59(68)61-35-51(23-29-69(61)82)49-11-3-1-4-12-49)40-73(83-66-18-10-8-16-56(66)58-32-46(42-78)21-27-70(58)83)75(64)85-76(63)74(39-53)84-71-28-22-48(44-80)34-60(71)62-36-52(24-30-72(62)84)50-13-5-2-6-14-50;1-3-5(2)4-6/h1,3-5,7-40H,2,6H2;2-3H2,1H3. The normalized spacial score (nSPS) is 12.2. The summed E-state index contributed by atoms with van der Waals surface area (Å²) in [4.78, 5) is 0. The van der Waals surface area contributed by atoms with Gasteiger partial charge in [0.05, 0.1) is 108 Å². The molecule has 11 aromatic carbocycles. The number of aromatic nitrogens is 4. The zero-order valence-electron chi connectivity index (χ0n) is 49.2. The van der Waals surface area contributed by atoms with E-state index in [9.17, 15) is 21.0 Å². The summed E-state index contributed by atoms with van der Waals surface area (Å²) in [5.41, 5.74) is 19.5. The van der Waals surface area contributed by atoms with Gasteiger partial charge in [-0.15, -0.1) is 0 Å². The number of benzene rings is 11. The van der Waals surface area contributed by atoms with Crippen molar-refractivity contribution in [2.45, 2.75) is 26.2 Å². The van der Waals surface area contributed by atoms with E-state index in [-0.39, 0.29) is 0 Å². The first-order valence-corrected chi connectivity index (χ1v) is 30.2. The zero-order valence-corrected chi connectivity index (χ0v) is 49.2. The average Bonchev–Trinajstić information content (AvgIpc) is 2.12. The first-order valence-electron chi connectivity index (χ1n) is 30.2. The van der Waals surface area contributed by atoms with Gasteiger partial charge in [-0.1, -0.05) is 111 Å². The Labute approximate surface area is 521 Å². The quantitative estimate of drug-likeness (QED) is 0.145. The molecule has 91 heavy (non-hydrogen) atoms. The van der Waals surface area contributed by atoms with Crippen molar-refractivity contribution in [1.29, 1.82) is 26.3 Å². The molecule has 17 rings (SSSR count). The Bertz CT molecular complexity index is 6150. The Balaban J connectivity index is 0.00000105. The van der Waals surface area contributed by atoms with E-state index in [1.165, 1.54) is 5.57 Å². The maximum absolute atomic E-state index is 10.4. The molecule has 0 atom stereocenters. The molecular formula is C81H49N9O. The molecule has 10 nitrogen and oxygen atoms in total. The predicted molar refractivity (Wildman–Crippen MR) is 367 cm³/mol. The lowest BCUT2D eigenvalue weighted by Crippen LogP contribution is -2.00. The smallest absolute Gasteiger partial charge is 0.159 e. The number of allylic oxidation sites excluding steroid dienone is 5. The van der Waals surface area contributed by atoms with Crippen LogP contribution < -0.4 is 0 Å². The van der Waals surface area contributed by atoms with Gasteiger partial charge in [0.25, 0.3) is 0 Å². The highest BCUT2D eigenvalue weighted by Crippen LogP contribution is 2.47. The van der Waals surface area contributed by atoms with E-state index in [0.29, 0.717) is 39.0 Å². The Morgan fingerprint density at radius 1 is 0.385 bits per heavy atom. The fraction of sp³-hybridized carbons (Fsp3) is 0.0494. The van der Waals surface area contributed by atoms with Crippen molar-refractivity contribution < 1.29 is 4.42 Å². The molecule has 1 aliphatic carbocycles. The van der Waals surface area contributed by atoms with Crippen LogP contribution in [0.5, 0.6) is 0 Å². The van der Waals surface area contributed by atoms with Crippen molar-refractivity contribution in [1.82, 2.24) is 18.3 Å². The lowest BCUT2D eigenvalue weighted by molar-refractivity contribution is 0.663. The monoisotopic (exact) mass is 1160 g/mol. The van der Waals surface area contributed by atoms with E-state index >= 15 is 0 Å². The lowest BCUT2D eigenvalue weighted by Gasteiger charge is -2.14. The van der Waals surface area contributed by atoms with Crippen LogP contribution in [0.15, 0.2) is 247 Å². The molecule has 0 unspecified atom stereocenters. The highest BCUT2D eigenvalue weighted by molar-refractivity contribution is 6.19. The third kappa shape index (κ3) is 8.43. The highest BCUT2D eigenvalue weighted by Gasteiger charge is 2.27. The summed E-state index contributed by atoms with van der Waals surface area (Å²) in [7, 11) is 0. The van der Waals surface area contributed by atoms with Crippen LogP contribution in [-0.4, -0.2) is 18.3 Å². The molecule has 0 aliphatic heterocycles. The first kappa shape index (κ1) is 53.6. The molecule has 0 bridgehead atoms. The number of nitriles is 5. The van der Waals surface area contributed by atoms with Crippen molar-refractivity contribution in [3.8, 4) is 64.2 Å². The van der Waals surface area contributed by atoms with Crippen molar-refractivity contribution in [2.24, 2.45) is 0 Å². The van der Waals surface area contributed by atoms with Crippen LogP contribution in [-0.2, 0) is 0 Å². The summed E-state index contributed by atoms with van der Waals surface area (Å²) < 4.78 is 16.9. The average molecular weight is 1160 g/mol. The second kappa shape index (κ2) is 21.2. The minimum absolute atomic E-state index is 0.563. The van der Waals surface area contributed by atoms with Gasteiger partial charge in [-0.3, -0.25) is 0 Å². The summed E-state index contributed by atoms with van der Waals surface area (Å²) in [5.74, 6) is 0. The predicted octanol–water partition coefficient (Wildman–Crippen LogP) is 20.3. The Morgan fingerprint density at radius 3 is 1.22 bits per heavy atom. The molecule has 10 heteroatoms. The van der Waals surface area contributed by atoms with Crippen molar-refractivity contribution >= 4 is 115 Å². The molecule has 0 spiro atoms. The van der Waals surface area contributed by atoms with Crippen LogP contribution in [0.1, 0.15) is 54.0 Å². The summed E-state index contributed by atoms with van der Waals surface area (Å²) in [6.45, 7) is 5.34. The van der Waals surface area contributed by atoms with Crippen LogP contribution in [0.25, 0.3) is 149 Å². The highest BCUT2D eigenvalue weighted by atomic mass is 16.3. The van der Waals surface area contributed by atoms with Crippen LogP contribution >= 0.6 is 0 Å². The Hall–Kier alpha value is -12.9. The second-order valence-electron chi connectivity index (χ2n) is 23.1. The van der Waals surface area contributed by atoms with Crippen LogP contribution in [0, 0.1) is 56.7 Å². The largest absolute Gasteiger partial charge is 0.452 e. The van der Waals surface area contributed by atoms with E-state index < -0.39 is 0 Å². The molecule has 0 saturated heterocycles. The number of fused-ring (bicyclic) bond motifs is 15. The van der Waals surface area contributed by atoms with Gasteiger partial charge in [0.15, 0.2) is 11.2 Å². The summed E-state index contributed by atoms with van der Waals surface area (Å²) in [6, 6.07) is 84.5. The van der Waals surface area contributed by atoms with E-state index in [2.05, 4.69) is 201 Å². The maximum Gasteiger partial charge on any atom is 0.159 e. The molecule has 1 aliphatic rings. The second-order valence-corrected chi connectivity index (χ2v) is 23.1. The van der Waals surface area contributed by atoms with Gasteiger partial charge < -0.3 is 22.7 Å². The number of rotatable bonds is 7. The summed E-state index contributed by atoms with van der Waals surface area (Å²) in [6.07, 6.45) is 9.47. The van der Waals surface area contributed by atoms with Gasteiger partial charge in [0.2, 0.25) is 0 Å². The van der Waals surface area contributed by atoms with Gasteiger partial charge in [0.1, 0.15) is 0 Å². The number of nitrogens with zero attached hydrogens (tertiary/aromatic N) is 9. The van der Waals surface area contributed by atoms with E-state index in [4.69, 9.17) is 9.68 Å². The number of hydrogen-bond acceptors (Lipinski definition) is 6. The van der Waals surface area contributed by atoms with Crippen LogP contribution in [0.2, 0.25) is 0 Å². The minimum Gasteiger partial charge on any atom is -0.452 e. The minimum atomic E-state index is 0.563. The number of furan rings is 1. The van der Waals surface area contributed by atoms with Crippen molar-refractivity contribution in [3.63, 3.8) is 0 Å². The molecular weight excluding hydrogens is 1110 g/mol. The van der Waals surface area contributed by atoms with E-state index in [1.807, 2.05) is 91.9 Å². The third-order valence-electron chi connectivity index (χ3n) is 18.0. The van der Waals surface area contributed by atoms with Gasteiger partial charge in [-0.2, -0.15) is 26.3 Å². The van der Waals surface area contributed by atoms with Crippen LogP contribution in [0.3, 0.4) is 0 Å². The van der Waals surface area contributed by atoms with E-state index in [1.54, 1.807) is 0 Å². The maximum atomic E-state index is 10.4. The first-order chi connectivity index (χ1) is 44.7. The van der Waals surface area contributed by atoms with Gasteiger partial charge in [-0.05, 0) is 175 Å². The number of para-hydroxylation sites is 2. The third-order valence-corrected chi connectivity index (χ3v) is 18.0. The van der Waals surface area contributed by atoms with Gasteiger partial charge in [-0.25, -0.2) is 0 Å². The molecule has 0 radical (unpaired) electrons. The SMILES string of the molecule is C=C(C#N)CC.N#Cc1ccc2c(c1)c1ccccc1n2-c1cc(-n2c3ccc(C#N)cc3c3cc(C4=CCCC=C4)ccc32)c2oc3c(-n4c5ccccc5c5cc(C#N)ccc54)cc(-n4c5ccc(C#N)cc5c5cc(-c6ccccc6)ccc54)cc3c2c1. The Kier molecular flexibility index (Phi) is 12.5. The molecule has 0 saturated carbocycles. The molecule has 0 amide bonds. The molecule has 0 N–H and O–H groups in total. The molecule has 5 aromatic heterocycles. The molecule has 16 aromatic rings. The van der Waals surface area contributed by atoms with Crippen molar-refractivity contribution in [3.05, 3.63) is 271 Å².